The zero-order valence-electron chi connectivity index (χ0n) is 17.2. The lowest BCUT2D eigenvalue weighted by Crippen LogP contribution is -2.39. The molecule has 0 unspecified atom stereocenters. The molecule has 1 saturated heterocycles. The molecule has 31 heavy (non-hydrogen) atoms. The van der Waals surface area contributed by atoms with Crippen molar-refractivity contribution in [3.8, 4) is 22.8 Å². The highest BCUT2D eigenvalue weighted by Gasteiger charge is 2.32. The molecule has 2 heterocycles. The summed E-state index contributed by atoms with van der Waals surface area (Å²) < 4.78 is 36.7. The Morgan fingerprint density at radius 2 is 1.77 bits per heavy atom. The van der Waals surface area contributed by atoms with Crippen molar-refractivity contribution in [1.29, 1.82) is 0 Å². The van der Waals surface area contributed by atoms with Crippen LogP contribution in [-0.2, 0) is 9.84 Å². The molecule has 1 aliphatic rings. The number of hydrogen-bond acceptors (Lipinski definition) is 7. The van der Waals surface area contributed by atoms with E-state index in [9.17, 15) is 8.42 Å². The van der Waals surface area contributed by atoms with Gasteiger partial charge in [0.1, 0.15) is 11.5 Å². The molecule has 0 amide bonds. The number of ether oxygens (including phenoxy) is 2. The third-order valence-electron chi connectivity index (χ3n) is 5.47. The van der Waals surface area contributed by atoms with Crippen LogP contribution in [0.3, 0.4) is 0 Å². The minimum atomic E-state index is -3.37. The van der Waals surface area contributed by atoms with E-state index in [-0.39, 0.29) is 0 Å². The van der Waals surface area contributed by atoms with Crippen LogP contribution in [0.4, 0.5) is 5.13 Å². The topological polar surface area (TPSA) is 68.7 Å². The Hall–Kier alpha value is -2.29. The smallest absolute Gasteiger partial charge is 0.185 e. The normalized spacial score (nSPS) is 15.1. The molecule has 0 N–H and O–H groups in total. The molecule has 6 nitrogen and oxygen atoms in total. The van der Waals surface area contributed by atoms with Crippen LogP contribution in [0.2, 0.25) is 5.02 Å². The lowest BCUT2D eigenvalue weighted by molar-refractivity contribution is 0.404. The fourth-order valence-corrected chi connectivity index (χ4v) is 6.46. The molecule has 9 heteroatoms. The molecule has 1 aromatic heterocycles. The Labute approximate surface area is 191 Å². The van der Waals surface area contributed by atoms with Gasteiger partial charge in [0.25, 0.3) is 0 Å². The first kappa shape index (κ1) is 21.9. The maximum atomic E-state index is 13.0. The number of benzene rings is 2. The quantitative estimate of drug-likeness (QED) is 0.500. The monoisotopic (exact) mass is 478 g/mol. The predicted octanol–water partition coefficient (Wildman–Crippen LogP) is 4.92. The number of piperidine rings is 1. The molecular weight excluding hydrogens is 456 g/mol. The highest BCUT2D eigenvalue weighted by Crippen LogP contribution is 2.37. The molecule has 0 saturated carbocycles. The van der Waals surface area contributed by atoms with E-state index in [0.29, 0.717) is 35.8 Å². The summed E-state index contributed by atoms with van der Waals surface area (Å²) in [6, 6.07) is 12.0. The molecule has 4 rings (SSSR count). The van der Waals surface area contributed by atoms with Gasteiger partial charge in [-0.3, -0.25) is 0 Å². The van der Waals surface area contributed by atoms with Gasteiger partial charge in [-0.1, -0.05) is 11.6 Å². The van der Waals surface area contributed by atoms with Crippen molar-refractivity contribution in [3.05, 3.63) is 52.9 Å². The van der Waals surface area contributed by atoms with Gasteiger partial charge in [0.2, 0.25) is 0 Å². The summed E-state index contributed by atoms with van der Waals surface area (Å²) >= 11 is 7.44. The molecule has 1 aliphatic heterocycles. The van der Waals surface area contributed by atoms with E-state index >= 15 is 0 Å². The molecule has 0 aliphatic carbocycles. The van der Waals surface area contributed by atoms with Crippen LogP contribution in [0.5, 0.6) is 11.5 Å². The molecule has 0 atom stereocenters. The first-order valence-corrected chi connectivity index (χ1v) is 12.6. The summed E-state index contributed by atoms with van der Waals surface area (Å²) in [4.78, 5) is 7.27. The third-order valence-corrected chi connectivity index (χ3v) is 8.90. The molecule has 0 bridgehead atoms. The summed E-state index contributed by atoms with van der Waals surface area (Å²) in [7, 11) is -0.117. The maximum absolute atomic E-state index is 13.0. The number of methoxy groups -OCH3 is 2. The van der Waals surface area contributed by atoms with Crippen LogP contribution in [0, 0.1) is 0 Å². The van der Waals surface area contributed by atoms with Crippen LogP contribution in [0.25, 0.3) is 11.3 Å². The van der Waals surface area contributed by atoms with Crippen molar-refractivity contribution >= 4 is 37.9 Å². The summed E-state index contributed by atoms with van der Waals surface area (Å²) in [5.74, 6) is 1.46. The summed E-state index contributed by atoms with van der Waals surface area (Å²) in [6.45, 7) is 1.28. The lowest BCUT2D eigenvalue weighted by atomic mass is 10.1. The van der Waals surface area contributed by atoms with Crippen LogP contribution >= 0.6 is 22.9 Å². The second-order valence-electron chi connectivity index (χ2n) is 7.27. The molecule has 2 aromatic carbocycles. The molecule has 1 fully saturated rings. The summed E-state index contributed by atoms with van der Waals surface area (Å²) in [5, 5.41) is 2.99. The second kappa shape index (κ2) is 9.06. The van der Waals surface area contributed by atoms with Crippen molar-refractivity contribution in [2.24, 2.45) is 0 Å². The van der Waals surface area contributed by atoms with Gasteiger partial charge in [-0.05, 0) is 55.3 Å². The zero-order chi connectivity index (χ0) is 22.0. The third kappa shape index (κ3) is 4.51. The molecule has 3 aromatic rings. The van der Waals surface area contributed by atoms with E-state index in [1.807, 2.05) is 23.6 Å². The van der Waals surface area contributed by atoms with Crippen molar-refractivity contribution in [2.45, 2.75) is 23.0 Å². The van der Waals surface area contributed by atoms with Crippen molar-refractivity contribution in [2.75, 3.05) is 32.2 Å². The first-order valence-electron chi connectivity index (χ1n) is 9.84. The van der Waals surface area contributed by atoms with Gasteiger partial charge in [-0.25, -0.2) is 13.4 Å². The highest BCUT2D eigenvalue weighted by atomic mass is 35.5. The van der Waals surface area contributed by atoms with Crippen molar-refractivity contribution < 1.29 is 17.9 Å². The molecule has 0 radical (unpaired) electrons. The van der Waals surface area contributed by atoms with Gasteiger partial charge in [0.15, 0.2) is 15.0 Å². The van der Waals surface area contributed by atoms with Crippen LogP contribution in [0.1, 0.15) is 12.8 Å². The van der Waals surface area contributed by atoms with E-state index in [0.717, 1.165) is 27.9 Å². The Morgan fingerprint density at radius 3 is 2.42 bits per heavy atom. The van der Waals surface area contributed by atoms with E-state index < -0.39 is 15.1 Å². The van der Waals surface area contributed by atoms with Crippen LogP contribution < -0.4 is 14.4 Å². The predicted molar refractivity (Wildman–Crippen MR) is 125 cm³/mol. The first-order chi connectivity index (χ1) is 14.9. The van der Waals surface area contributed by atoms with E-state index in [2.05, 4.69) is 4.90 Å². The minimum absolute atomic E-state index is 0.331. The lowest BCUT2D eigenvalue weighted by Gasteiger charge is -2.31. The maximum Gasteiger partial charge on any atom is 0.185 e. The van der Waals surface area contributed by atoms with E-state index in [1.165, 1.54) is 0 Å². The number of nitrogens with zero attached hydrogens (tertiary/aromatic N) is 2. The number of sulfone groups is 1. The highest BCUT2D eigenvalue weighted by molar-refractivity contribution is 7.92. The van der Waals surface area contributed by atoms with Crippen molar-refractivity contribution in [1.82, 2.24) is 4.98 Å². The average molecular weight is 479 g/mol. The van der Waals surface area contributed by atoms with Gasteiger partial charge in [-0.2, -0.15) is 0 Å². The number of aromatic nitrogens is 1. The fraction of sp³-hybridized carbons (Fsp3) is 0.318. The second-order valence-corrected chi connectivity index (χ2v) is 10.8. The van der Waals surface area contributed by atoms with Gasteiger partial charge in [-0.15, -0.1) is 11.3 Å². The average Bonchev–Trinajstić information content (AvgIpc) is 3.29. The summed E-state index contributed by atoms with van der Waals surface area (Å²) in [6.07, 6.45) is 1.12. The van der Waals surface area contributed by atoms with Gasteiger partial charge < -0.3 is 14.4 Å². The number of hydrogen-bond donors (Lipinski definition) is 0. The Bertz CT molecular complexity index is 1150. The fourth-order valence-electron chi connectivity index (χ4n) is 3.72. The number of thiazole rings is 1. The van der Waals surface area contributed by atoms with Crippen LogP contribution in [-0.4, -0.2) is 46.0 Å². The van der Waals surface area contributed by atoms with E-state index in [1.54, 1.807) is 49.8 Å². The van der Waals surface area contributed by atoms with Gasteiger partial charge >= 0.3 is 0 Å². The van der Waals surface area contributed by atoms with Crippen molar-refractivity contribution in [3.63, 3.8) is 0 Å². The Balaban J connectivity index is 1.48. The Kier molecular flexibility index (Phi) is 6.41. The van der Waals surface area contributed by atoms with E-state index in [4.69, 9.17) is 26.1 Å². The largest absolute Gasteiger partial charge is 0.497 e. The van der Waals surface area contributed by atoms with Gasteiger partial charge in [0.05, 0.1) is 30.1 Å². The number of rotatable bonds is 6. The molecular formula is C22H23ClN2O4S2. The Morgan fingerprint density at radius 1 is 1.06 bits per heavy atom. The number of halogens is 1. The molecule has 0 spiro atoms. The van der Waals surface area contributed by atoms with Crippen LogP contribution in [0.15, 0.2) is 52.7 Å². The summed E-state index contributed by atoms with van der Waals surface area (Å²) in [5.41, 5.74) is 1.68. The standard InChI is InChI=1S/C22H23ClN2O4S2/c1-28-16-5-8-21(29-2)19(13-16)20-14-30-22(24-20)25-11-9-18(10-12-25)31(26,27)17-6-3-15(23)4-7-17/h3-8,13-14,18H,9-12H2,1-2H3. The molecule has 164 valence electrons. The SMILES string of the molecule is COc1ccc(OC)c(-c2csc(N3CCC(S(=O)(=O)c4ccc(Cl)cc4)CC3)n2)c1. The van der Waals surface area contributed by atoms with Gasteiger partial charge in [0, 0.05) is 29.1 Å². The number of anilines is 1. The zero-order valence-corrected chi connectivity index (χ0v) is 19.6. The minimum Gasteiger partial charge on any atom is -0.497 e.